The average Bonchev–Trinajstić information content (AvgIpc) is 2.85. The maximum absolute atomic E-state index is 12.3. The average molecular weight is 459 g/mol. The van der Waals surface area contributed by atoms with E-state index in [0.717, 1.165) is 17.5 Å². The molecule has 0 radical (unpaired) electrons. The van der Waals surface area contributed by atoms with E-state index in [-0.39, 0.29) is 12.5 Å². The van der Waals surface area contributed by atoms with E-state index in [2.05, 4.69) is 21.2 Å². The Kier molecular flexibility index (Phi) is 8.51. The smallest absolute Gasteiger partial charge is 0.329 e. The largest absolute Gasteiger partial charge is 0.483 e. The van der Waals surface area contributed by atoms with E-state index in [4.69, 9.17) is 4.74 Å². The molecule has 0 aliphatic heterocycles. The molecule has 8 heteroatoms. The Labute approximate surface area is 198 Å². The number of nitrogens with one attached hydrogen (secondary N) is 3. The molecule has 0 spiro atoms. The second-order valence-electron chi connectivity index (χ2n) is 7.35. The molecule has 8 nitrogen and oxygen atoms in total. The number of carbonyl (C=O) groups excluding carboxylic acids is 3. The zero-order valence-corrected chi connectivity index (χ0v) is 19.0. The summed E-state index contributed by atoms with van der Waals surface area (Å²) in [5.41, 5.74) is 5.90. The minimum Gasteiger partial charge on any atom is -0.483 e. The minimum atomic E-state index is -0.904. The van der Waals surface area contributed by atoms with Gasteiger partial charge in [-0.25, -0.2) is 5.43 Å². The fourth-order valence-corrected chi connectivity index (χ4v) is 3.10. The van der Waals surface area contributed by atoms with Crippen LogP contribution in [0.5, 0.6) is 5.75 Å². The Balaban J connectivity index is 1.55. The van der Waals surface area contributed by atoms with Gasteiger partial charge in [-0.1, -0.05) is 55.5 Å². The molecular weight excluding hydrogens is 432 g/mol. The van der Waals surface area contributed by atoms with E-state index < -0.39 is 11.8 Å². The number of benzene rings is 3. The van der Waals surface area contributed by atoms with Crippen molar-refractivity contribution < 1.29 is 19.1 Å². The van der Waals surface area contributed by atoms with Crippen LogP contribution < -0.4 is 20.8 Å². The lowest BCUT2D eigenvalue weighted by atomic mass is 10.1. The molecule has 0 bridgehead atoms. The quantitative estimate of drug-likeness (QED) is 0.272. The van der Waals surface area contributed by atoms with Gasteiger partial charge in [0.15, 0.2) is 6.61 Å². The molecular formula is C26H26N4O4. The third-order valence-corrected chi connectivity index (χ3v) is 4.92. The van der Waals surface area contributed by atoms with Crippen LogP contribution in [0.15, 0.2) is 77.9 Å². The number of carbonyl (C=O) groups is 3. The fourth-order valence-electron chi connectivity index (χ4n) is 3.10. The van der Waals surface area contributed by atoms with E-state index >= 15 is 0 Å². The van der Waals surface area contributed by atoms with Crippen molar-refractivity contribution in [3.8, 4) is 5.75 Å². The van der Waals surface area contributed by atoms with Gasteiger partial charge >= 0.3 is 11.8 Å². The van der Waals surface area contributed by atoms with Crippen molar-refractivity contribution in [1.29, 1.82) is 0 Å². The molecule has 0 aromatic heterocycles. The maximum atomic E-state index is 12.3. The molecule has 0 heterocycles. The molecule has 0 aliphatic carbocycles. The number of nitrogens with zero attached hydrogens (tertiary/aromatic N) is 1. The number of para-hydroxylation sites is 3. The first-order valence-corrected chi connectivity index (χ1v) is 10.8. The topological polar surface area (TPSA) is 109 Å². The van der Waals surface area contributed by atoms with Gasteiger partial charge in [-0.05, 0) is 48.7 Å². The molecule has 3 aromatic rings. The molecule has 0 saturated heterocycles. The van der Waals surface area contributed by atoms with Gasteiger partial charge in [0.25, 0.3) is 5.91 Å². The number of rotatable bonds is 8. The van der Waals surface area contributed by atoms with Gasteiger partial charge in [-0.3, -0.25) is 14.4 Å². The molecule has 0 unspecified atom stereocenters. The molecule has 3 N–H and O–H groups in total. The van der Waals surface area contributed by atoms with Crippen molar-refractivity contribution in [2.45, 2.75) is 20.3 Å². The predicted molar refractivity (Wildman–Crippen MR) is 132 cm³/mol. The highest BCUT2D eigenvalue weighted by molar-refractivity contribution is 6.39. The second-order valence-corrected chi connectivity index (χ2v) is 7.35. The van der Waals surface area contributed by atoms with Crippen LogP contribution in [-0.4, -0.2) is 30.5 Å². The van der Waals surface area contributed by atoms with Crippen LogP contribution in [-0.2, 0) is 20.8 Å². The summed E-state index contributed by atoms with van der Waals surface area (Å²) in [6, 6.07) is 21.6. The highest BCUT2D eigenvalue weighted by Crippen LogP contribution is 2.17. The van der Waals surface area contributed by atoms with Gasteiger partial charge in [0.1, 0.15) is 5.75 Å². The molecule has 3 amide bonds. The third kappa shape index (κ3) is 6.77. The fraction of sp³-hybridized carbons (Fsp3) is 0.154. The van der Waals surface area contributed by atoms with E-state index in [1.54, 1.807) is 36.4 Å². The maximum Gasteiger partial charge on any atom is 0.329 e. The molecule has 174 valence electrons. The first kappa shape index (κ1) is 24.2. The SMILES string of the molecule is CCc1ccccc1NC(=O)C(=O)N/N=C\c1ccccc1OCC(=O)Nc1ccccc1C. The van der Waals surface area contributed by atoms with Crippen molar-refractivity contribution in [2.75, 3.05) is 17.2 Å². The van der Waals surface area contributed by atoms with Crippen LogP contribution in [0.2, 0.25) is 0 Å². The Hall–Kier alpha value is -4.46. The van der Waals surface area contributed by atoms with Crippen LogP contribution in [0.4, 0.5) is 11.4 Å². The number of hydrazone groups is 1. The summed E-state index contributed by atoms with van der Waals surface area (Å²) in [5.74, 6) is -1.63. The van der Waals surface area contributed by atoms with Gasteiger partial charge in [-0.15, -0.1) is 0 Å². The molecule has 0 fully saturated rings. The lowest BCUT2D eigenvalue weighted by molar-refractivity contribution is -0.136. The van der Waals surface area contributed by atoms with Crippen LogP contribution in [0, 0.1) is 6.92 Å². The second kappa shape index (κ2) is 12.0. The molecule has 34 heavy (non-hydrogen) atoms. The monoisotopic (exact) mass is 458 g/mol. The molecule has 0 aliphatic rings. The highest BCUT2D eigenvalue weighted by Gasteiger charge is 2.14. The summed E-state index contributed by atoms with van der Waals surface area (Å²) >= 11 is 0. The summed E-state index contributed by atoms with van der Waals surface area (Å²) in [6.07, 6.45) is 2.07. The summed E-state index contributed by atoms with van der Waals surface area (Å²) in [4.78, 5) is 36.5. The number of amides is 3. The predicted octanol–water partition coefficient (Wildman–Crippen LogP) is 3.66. The van der Waals surface area contributed by atoms with Crippen molar-refractivity contribution >= 4 is 35.3 Å². The summed E-state index contributed by atoms with van der Waals surface area (Å²) in [6.45, 7) is 3.66. The molecule has 3 rings (SSSR count). The van der Waals surface area contributed by atoms with E-state index in [0.29, 0.717) is 22.7 Å². The van der Waals surface area contributed by atoms with E-state index in [1.165, 1.54) is 6.21 Å². The highest BCUT2D eigenvalue weighted by atomic mass is 16.5. The minimum absolute atomic E-state index is 0.204. The molecule has 0 atom stereocenters. The number of ether oxygens (including phenoxy) is 1. The number of hydrogen-bond donors (Lipinski definition) is 3. The normalized spacial score (nSPS) is 10.5. The Bertz CT molecular complexity index is 1210. The first-order chi connectivity index (χ1) is 16.5. The number of anilines is 2. The Morgan fingerprint density at radius 1 is 0.853 bits per heavy atom. The van der Waals surface area contributed by atoms with Crippen LogP contribution in [0.1, 0.15) is 23.6 Å². The van der Waals surface area contributed by atoms with Crippen molar-refractivity contribution in [1.82, 2.24) is 5.43 Å². The third-order valence-electron chi connectivity index (χ3n) is 4.92. The van der Waals surface area contributed by atoms with Crippen molar-refractivity contribution in [2.24, 2.45) is 5.10 Å². The lowest BCUT2D eigenvalue weighted by Crippen LogP contribution is -2.32. The van der Waals surface area contributed by atoms with Crippen LogP contribution in [0.25, 0.3) is 0 Å². The summed E-state index contributed by atoms with van der Waals surface area (Å²) in [5, 5.41) is 9.23. The van der Waals surface area contributed by atoms with Gasteiger partial charge in [-0.2, -0.15) is 5.10 Å². The molecule has 0 saturated carbocycles. The van der Waals surface area contributed by atoms with Crippen LogP contribution in [0.3, 0.4) is 0 Å². The standard InChI is InChI=1S/C26H26N4O4/c1-3-19-11-5-8-14-22(19)29-25(32)26(33)30-27-16-20-12-6-9-15-23(20)34-17-24(31)28-21-13-7-4-10-18(21)2/h4-16H,3,17H2,1-2H3,(H,28,31)(H,29,32)(H,30,33)/b27-16-. The van der Waals surface area contributed by atoms with Crippen molar-refractivity contribution in [3.05, 3.63) is 89.5 Å². The Morgan fingerprint density at radius 2 is 1.53 bits per heavy atom. The van der Waals surface area contributed by atoms with Crippen molar-refractivity contribution in [3.63, 3.8) is 0 Å². The van der Waals surface area contributed by atoms with Gasteiger partial charge in [0.2, 0.25) is 0 Å². The van der Waals surface area contributed by atoms with E-state index in [9.17, 15) is 14.4 Å². The zero-order chi connectivity index (χ0) is 24.3. The number of aryl methyl sites for hydroxylation is 2. The summed E-state index contributed by atoms with van der Waals surface area (Å²) < 4.78 is 5.63. The van der Waals surface area contributed by atoms with Gasteiger partial charge in [0, 0.05) is 16.9 Å². The van der Waals surface area contributed by atoms with E-state index in [1.807, 2.05) is 50.2 Å². The lowest BCUT2D eigenvalue weighted by Gasteiger charge is -2.11. The van der Waals surface area contributed by atoms with Crippen LogP contribution >= 0.6 is 0 Å². The summed E-state index contributed by atoms with van der Waals surface area (Å²) in [7, 11) is 0. The van der Waals surface area contributed by atoms with Gasteiger partial charge in [0.05, 0.1) is 6.21 Å². The number of hydrogen-bond acceptors (Lipinski definition) is 5. The Morgan fingerprint density at radius 3 is 2.29 bits per heavy atom. The first-order valence-electron chi connectivity index (χ1n) is 10.8. The van der Waals surface area contributed by atoms with Gasteiger partial charge < -0.3 is 15.4 Å². The zero-order valence-electron chi connectivity index (χ0n) is 19.0. The molecule has 3 aromatic carbocycles.